The summed E-state index contributed by atoms with van der Waals surface area (Å²) in [7, 11) is 3.05. The van der Waals surface area contributed by atoms with E-state index in [1.54, 1.807) is 19.3 Å². The van der Waals surface area contributed by atoms with Gasteiger partial charge in [-0.15, -0.1) is 0 Å². The van der Waals surface area contributed by atoms with Crippen LogP contribution in [0.4, 0.5) is 0 Å². The van der Waals surface area contributed by atoms with Crippen LogP contribution in [0.3, 0.4) is 0 Å². The first-order chi connectivity index (χ1) is 8.15. The van der Waals surface area contributed by atoms with Gasteiger partial charge in [0.15, 0.2) is 0 Å². The van der Waals surface area contributed by atoms with Crippen molar-refractivity contribution in [2.45, 2.75) is 6.92 Å². The highest BCUT2D eigenvalue weighted by Gasteiger charge is 2.15. The smallest absolute Gasteiger partial charge is 0.274 e. The van der Waals surface area contributed by atoms with Gasteiger partial charge in [0.2, 0.25) is 0 Å². The number of hydrogen-bond acceptors (Lipinski definition) is 3. The summed E-state index contributed by atoms with van der Waals surface area (Å²) in [6.07, 6.45) is 1.73. The summed E-state index contributed by atoms with van der Waals surface area (Å²) < 4.78 is 0. The quantitative estimate of drug-likeness (QED) is 0.742. The molecular weight excluding hydrogens is 216 g/mol. The molecule has 0 bridgehead atoms. The molecule has 0 aliphatic carbocycles. The zero-order valence-electron chi connectivity index (χ0n) is 10.1. The molecule has 17 heavy (non-hydrogen) atoms. The van der Waals surface area contributed by atoms with Gasteiger partial charge in [-0.2, -0.15) is 0 Å². The van der Waals surface area contributed by atoms with E-state index in [2.05, 4.69) is 4.98 Å². The van der Waals surface area contributed by atoms with Crippen LogP contribution in [-0.2, 0) is 4.84 Å². The third-order valence-corrected chi connectivity index (χ3v) is 2.82. The fourth-order valence-electron chi connectivity index (χ4n) is 1.78. The van der Waals surface area contributed by atoms with Crippen molar-refractivity contribution >= 4 is 16.8 Å². The topological polar surface area (TPSA) is 42.4 Å². The third kappa shape index (κ3) is 1.99. The van der Waals surface area contributed by atoms with Gasteiger partial charge >= 0.3 is 0 Å². The Balaban J connectivity index is 2.56. The Morgan fingerprint density at radius 1 is 1.35 bits per heavy atom. The number of nitrogens with zero attached hydrogens (tertiary/aromatic N) is 2. The second-order valence-corrected chi connectivity index (χ2v) is 3.80. The Morgan fingerprint density at radius 3 is 2.82 bits per heavy atom. The maximum atomic E-state index is 12.0. The van der Waals surface area contributed by atoms with E-state index in [0.29, 0.717) is 5.56 Å². The first-order valence-corrected chi connectivity index (χ1v) is 5.31. The lowest BCUT2D eigenvalue weighted by Gasteiger charge is -2.15. The molecular formula is C13H14N2O2. The van der Waals surface area contributed by atoms with Crippen molar-refractivity contribution < 1.29 is 9.63 Å². The van der Waals surface area contributed by atoms with Crippen molar-refractivity contribution in [3.05, 3.63) is 41.6 Å². The molecule has 2 aromatic rings. The molecule has 0 fully saturated rings. The average Bonchev–Trinajstić information content (AvgIpc) is 2.38. The number of amides is 1. The maximum absolute atomic E-state index is 12.0. The van der Waals surface area contributed by atoms with Crippen molar-refractivity contribution in [1.29, 1.82) is 0 Å². The van der Waals surface area contributed by atoms with Crippen LogP contribution < -0.4 is 0 Å². The number of pyridine rings is 1. The minimum absolute atomic E-state index is 0.169. The van der Waals surface area contributed by atoms with E-state index in [9.17, 15) is 4.79 Å². The Morgan fingerprint density at radius 2 is 2.12 bits per heavy atom. The number of carbonyl (C=O) groups excluding carboxylic acids is 1. The molecule has 1 heterocycles. The molecule has 1 aromatic carbocycles. The zero-order valence-corrected chi connectivity index (χ0v) is 10.1. The Labute approximate surface area is 99.8 Å². The van der Waals surface area contributed by atoms with Crippen LogP contribution in [0, 0.1) is 6.92 Å². The number of aryl methyl sites for hydroxylation is 1. The van der Waals surface area contributed by atoms with Crippen LogP contribution in [0.2, 0.25) is 0 Å². The molecule has 2 rings (SSSR count). The van der Waals surface area contributed by atoms with Gasteiger partial charge in [0.25, 0.3) is 5.91 Å². The standard InChI is InChI=1S/C13H14N2O2/c1-9-11(13(16)15(2)17-3)7-6-10-5-4-8-14-12(9)10/h4-8H,1-3H3. The first-order valence-electron chi connectivity index (χ1n) is 5.31. The van der Waals surface area contributed by atoms with Gasteiger partial charge in [-0.3, -0.25) is 14.6 Å². The number of benzene rings is 1. The summed E-state index contributed by atoms with van der Waals surface area (Å²) in [4.78, 5) is 21.2. The summed E-state index contributed by atoms with van der Waals surface area (Å²) >= 11 is 0. The van der Waals surface area contributed by atoms with Crippen molar-refractivity contribution in [3.63, 3.8) is 0 Å². The monoisotopic (exact) mass is 230 g/mol. The highest BCUT2D eigenvalue weighted by atomic mass is 16.7. The van der Waals surface area contributed by atoms with Crippen molar-refractivity contribution in [1.82, 2.24) is 10.0 Å². The second kappa shape index (κ2) is 4.51. The lowest BCUT2D eigenvalue weighted by atomic mass is 10.0. The van der Waals surface area contributed by atoms with Gasteiger partial charge in [0, 0.05) is 24.2 Å². The van der Waals surface area contributed by atoms with E-state index in [1.165, 1.54) is 12.2 Å². The Kier molecular flexibility index (Phi) is 3.06. The van der Waals surface area contributed by atoms with E-state index < -0.39 is 0 Å². The normalized spacial score (nSPS) is 10.5. The summed E-state index contributed by atoms with van der Waals surface area (Å²) in [5.74, 6) is -0.169. The molecule has 0 unspecified atom stereocenters. The highest BCUT2D eigenvalue weighted by Crippen LogP contribution is 2.20. The molecule has 4 nitrogen and oxygen atoms in total. The SMILES string of the molecule is CON(C)C(=O)c1ccc2cccnc2c1C. The molecule has 0 aliphatic rings. The number of fused-ring (bicyclic) bond motifs is 1. The van der Waals surface area contributed by atoms with Gasteiger partial charge in [0.1, 0.15) is 0 Å². The molecule has 4 heteroatoms. The highest BCUT2D eigenvalue weighted by molar-refractivity contribution is 5.99. The molecule has 0 N–H and O–H groups in total. The molecule has 0 saturated heterocycles. The summed E-state index contributed by atoms with van der Waals surface area (Å²) in [6.45, 7) is 1.89. The van der Waals surface area contributed by atoms with E-state index >= 15 is 0 Å². The largest absolute Gasteiger partial charge is 0.277 e. The molecule has 0 aliphatic heterocycles. The second-order valence-electron chi connectivity index (χ2n) is 3.80. The number of carbonyl (C=O) groups is 1. The molecule has 1 amide bonds. The number of hydrogen-bond donors (Lipinski definition) is 0. The van der Waals surface area contributed by atoms with Gasteiger partial charge in [-0.1, -0.05) is 12.1 Å². The van der Waals surface area contributed by atoms with Crippen molar-refractivity contribution in [3.8, 4) is 0 Å². The molecule has 0 saturated carbocycles. The van der Waals surface area contributed by atoms with Crippen LogP contribution in [0.5, 0.6) is 0 Å². The van der Waals surface area contributed by atoms with Crippen LogP contribution in [-0.4, -0.2) is 30.1 Å². The molecule has 0 spiro atoms. The van der Waals surface area contributed by atoms with E-state index in [-0.39, 0.29) is 5.91 Å². The summed E-state index contributed by atoms with van der Waals surface area (Å²) in [5.41, 5.74) is 2.33. The van der Waals surface area contributed by atoms with Gasteiger partial charge in [-0.05, 0) is 24.6 Å². The minimum Gasteiger partial charge on any atom is -0.274 e. The molecule has 88 valence electrons. The fourth-order valence-corrected chi connectivity index (χ4v) is 1.78. The number of hydroxylamine groups is 2. The van der Waals surface area contributed by atoms with Crippen LogP contribution in [0.1, 0.15) is 15.9 Å². The van der Waals surface area contributed by atoms with Crippen LogP contribution >= 0.6 is 0 Å². The minimum atomic E-state index is -0.169. The summed E-state index contributed by atoms with van der Waals surface area (Å²) in [5, 5.41) is 2.23. The van der Waals surface area contributed by atoms with Crippen LogP contribution in [0.25, 0.3) is 10.9 Å². The van der Waals surface area contributed by atoms with Crippen molar-refractivity contribution in [2.24, 2.45) is 0 Å². The third-order valence-electron chi connectivity index (χ3n) is 2.82. The van der Waals surface area contributed by atoms with Gasteiger partial charge in [0.05, 0.1) is 12.6 Å². The Bertz CT molecular complexity index is 566. The van der Waals surface area contributed by atoms with Gasteiger partial charge in [-0.25, -0.2) is 5.06 Å². The average molecular weight is 230 g/mol. The number of rotatable bonds is 2. The zero-order chi connectivity index (χ0) is 12.4. The lowest BCUT2D eigenvalue weighted by Crippen LogP contribution is -2.26. The summed E-state index contributed by atoms with van der Waals surface area (Å²) in [6, 6.07) is 7.55. The van der Waals surface area contributed by atoms with Crippen molar-refractivity contribution in [2.75, 3.05) is 14.2 Å². The Hall–Kier alpha value is -1.94. The van der Waals surface area contributed by atoms with Gasteiger partial charge < -0.3 is 0 Å². The predicted molar refractivity (Wildman–Crippen MR) is 65.6 cm³/mol. The molecule has 0 atom stereocenters. The maximum Gasteiger partial charge on any atom is 0.277 e. The molecule has 1 aromatic heterocycles. The fraction of sp³-hybridized carbons (Fsp3) is 0.231. The van der Waals surface area contributed by atoms with E-state index in [1.807, 2.05) is 25.1 Å². The lowest BCUT2D eigenvalue weighted by molar-refractivity contribution is -0.0757. The molecule has 0 radical (unpaired) electrons. The van der Waals surface area contributed by atoms with E-state index in [4.69, 9.17) is 4.84 Å². The van der Waals surface area contributed by atoms with Crippen LogP contribution in [0.15, 0.2) is 30.5 Å². The first kappa shape index (κ1) is 11.5. The predicted octanol–water partition coefficient (Wildman–Crippen LogP) is 2.18. The van der Waals surface area contributed by atoms with E-state index in [0.717, 1.165) is 16.5 Å². The number of aromatic nitrogens is 1.